The number of fused-ring (bicyclic) bond motifs is 3. The molecule has 1 aliphatic rings. The molecule has 2 aromatic carbocycles. The number of aryl methyl sites for hydroxylation is 1. The van der Waals surface area contributed by atoms with E-state index in [-0.39, 0.29) is 18.1 Å². The van der Waals surface area contributed by atoms with Crippen LogP contribution in [0.25, 0.3) is 10.9 Å². The molecule has 1 aliphatic heterocycles. The third kappa shape index (κ3) is 2.39. The highest BCUT2D eigenvalue weighted by atomic mass is 16.5. The lowest BCUT2D eigenvalue weighted by Crippen LogP contribution is -2.45. The van der Waals surface area contributed by atoms with Crippen LogP contribution in [0.5, 0.6) is 0 Å². The third-order valence-electron chi connectivity index (χ3n) is 4.81. The molecular weight excluding hydrogens is 300 g/mol. The zero-order valence-electron chi connectivity index (χ0n) is 13.8. The van der Waals surface area contributed by atoms with Crippen molar-refractivity contribution < 1.29 is 9.53 Å². The van der Waals surface area contributed by atoms with Gasteiger partial charge in [0.25, 0.3) is 0 Å². The van der Waals surface area contributed by atoms with E-state index < -0.39 is 0 Å². The zero-order valence-corrected chi connectivity index (χ0v) is 13.8. The fourth-order valence-electron chi connectivity index (χ4n) is 3.55. The number of para-hydroxylation sites is 1. The van der Waals surface area contributed by atoms with Gasteiger partial charge < -0.3 is 9.72 Å². The number of rotatable bonds is 2. The number of aromatic nitrogens is 1. The second-order valence-electron chi connectivity index (χ2n) is 6.35. The topological polar surface area (TPSA) is 54.1 Å². The summed E-state index contributed by atoms with van der Waals surface area (Å²) in [6.07, 6.45) is 0.633. The van der Waals surface area contributed by atoms with Crippen molar-refractivity contribution >= 4 is 16.9 Å². The first-order valence-electron chi connectivity index (χ1n) is 8.17. The molecule has 4 heteroatoms. The second kappa shape index (κ2) is 5.80. The summed E-state index contributed by atoms with van der Waals surface area (Å²) in [6.45, 7) is 2.07. The van der Waals surface area contributed by atoms with Crippen LogP contribution in [-0.4, -0.2) is 24.1 Å². The number of hydrogen-bond donors (Lipinski definition) is 2. The smallest absolute Gasteiger partial charge is 0.323 e. The highest BCUT2D eigenvalue weighted by molar-refractivity contribution is 5.87. The maximum absolute atomic E-state index is 12.2. The fourth-order valence-corrected chi connectivity index (χ4v) is 3.55. The average Bonchev–Trinajstić information content (AvgIpc) is 2.99. The second-order valence-corrected chi connectivity index (χ2v) is 6.35. The normalized spacial score (nSPS) is 19.9. The summed E-state index contributed by atoms with van der Waals surface area (Å²) in [5.74, 6) is -0.219. The molecule has 4 rings (SSSR count). The molecule has 2 N–H and O–H groups in total. The SMILES string of the molecule is COC(=O)[C@H]1Cc2c([nH]c3ccccc23)[C@H](c2ccc(C)cc2)N1. The van der Waals surface area contributed by atoms with Gasteiger partial charge >= 0.3 is 5.97 Å². The monoisotopic (exact) mass is 320 g/mol. The molecule has 2 heterocycles. The van der Waals surface area contributed by atoms with E-state index in [1.165, 1.54) is 23.6 Å². The fraction of sp³-hybridized carbons (Fsp3) is 0.250. The lowest BCUT2D eigenvalue weighted by atomic mass is 9.90. The van der Waals surface area contributed by atoms with Gasteiger partial charge in [0.2, 0.25) is 0 Å². The quantitative estimate of drug-likeness (QED) is 0.713. The van der Waals surface area contributed by atoms with E-state index in [0.717, 1.165) is 16.8 Å². The summed E-state index contributed by atoms with van der Waals surface area (Å²) in [6, 6.07) is 16.3. The van der Waals surface area contributed by atoms with Gasteiger partial charge in [-0.25, -0.2) is 0 Å². The van der Waals surface area contributed by atoms with Gasteiger partial charge in [-0.1, -0.05) is 48.0 Å². The number of aromatic amines is 1. The summed E-state index contributed by atoms with van der Waals surface area (Å²) in [4.78, 5) is 15.7. The number of nitrogens with one attached hydrogen (secondary N) is 2. The van der Waals surface area contributed by atoms with Crippen molar-refractivity contribution in [2.45, 2.75) is 25.4 Å². The Labute approximate surface area is 140 Å². The first-order valence-corrected chi connectivity index (χ1v) is 8.17. The molecule has 122 valence electrons. The van der Waals surface area contributed by atoms with Crippen molar-refractivity contribution in [3.8, 4) is 0 Å². The van der Waals surface area contributed by atoms with Crippen LogP contribution in [0.2, 0.25) is 0 Å². The van der Waals surface area contributed by atoms with Crippen molar-refractivity contribution in [1.82, 2.24) is 10.3 Å². The number of carbonyl (C=O) groups excluding carboxylic acids is 1. The van der Waals surface area contributed by atoms with Crippen molar-refractivity contribution in [3.05, 3.63) is 70.9 Å². The number of esters is 1. The lowest BCUT2D eigenvalue weighted by Gasteiger charge is -2.30. The van der Waals surface area contributed by atoms with Crippen LogP contribution in [0.1, 0.15) is 28.4 Å². The largest absolute Gasteiger partial charge is 0.468 e. The molecular formula is C20H20N2O2. The first kappa shape index (κ1) is 15.0. The molecule has 0 bridgehead atoms. The molecule has 0 radical (unpaired) electrons. The minimum atomic E-state index is -0.340. The molecule has 0 fully saturated rings. The van der Waals surface area contributed by atoms with E-state index in [4.69, 9.17) is 4.74 Å². The number of H-pyrrole nitrogens is 1. The molecule has 0 aliphatic carbocycles. The highest BCUT2D eigenvalue weighted by Gasteiger charge is 2.34. The van der Waals surface area contributed by atoms with Crippen LogP contribution in [0.3, 0.4) is 0 Å². The van der Waals surface area contributed by atoms with Crippen LogP contribution >= 0.6 is 0 Å². The van der Waals surface area contributed by atoms with Crippen LogP contribution in [-0.2, 0) is 16.0 Å². The van der Waals surface area contributed by atoms with Crippen molar-refractivity contribution in [2.75, 3.05) is 7.11 Å². The molecule has 2 atom stereocenters. The maximum Gasteiger partial charge on any atom is 0.323 e. The Morgan fingerprint density at radius 3 is 2.62 bits per heavy atom. The van der Waals surface area contributed by atoms with E-state index in [2.05, 4.69) is 53.6 Å². The van der Waals surface area contributed by atoms with Gasteiger partial charge in [0, 0.05) is 23.0 Å². The van der Waals surface area contributed by atoms with Gasteiger partial charge in [-0.05, 0) is 24.1 Å². The summed E-state index contributed by atoms with van der Waals surface area (Å²) < 4.78 is 4.99. The number of carbonyl (C=O) groups is 1. The van der Waals surface area contributed by atoms with E-state index in [9.17, 15) is 4.79 Å². The molecule has 1 aromatic heterocycles. The maximum atomic E-state index is 12.2. The zero-order chi connectivity index (χ0) is 16.7. The molecule has 0 spiro atoms. The molecule has 4 nitrogen and oxygen atoms in total. The van der Waals surface area contributed by atoms with E-state index in [1.54, 1.807) is 0 Å². The van der Waals surface area contributed by atoms with E-state index in [0.29, 0.717) is 6.42 Å². The number of hydrogen-bond acceptors (Lipinski definition) is 3. The first-order chi connectivity index (χ1) is 11.7. The Morgan fingerprint density at radius 1 is 1.12 bits per heavy atom. The van der Waals surface area contributed by atoms with Crippen molar-refractivity contribution in [3.63, 3.8) is 0 Å². The standard InChI is InChI=1S/C20H20N2O2/c1-12-7-9-13(10-8-12)18-19-15(11-17(22-18)20(23)24-2)14-5-3-4-6-16(14)21-19/h3-10,17-18,21-22H,11H2,1-2H3/t17-,18+/m1/s1. The van der Waals surface area contributed by atoms with Crippen molar-refractivity contribution in [2.24, 2.45) is 0 Å². The van der Waals surface area contributed by atoms with Gasteiger partial charge in [0.1, 0.15) is 6.04 Å². The molecule has 24 heavy (non-hydrogen) atoms. The molecule has 0 amide bonds. The summed E-state index contributed by atoms with van der Waals surface area (Å²) in [5.41, 5.74) is 5.80. The van der Waals surface area contributed by atoms with Gasteiger partial charge in [-0.15, -0.1) is 0 Å². The third-order valence-corrected chi connectivity index (χ3v) is 4.81. The predicted molar refractivity (Wildman–Crippen MR) is 94.0 cm³/mol. The molecule has 3 aromatic rings. The van der Waals surface area contributed by atoms with Gasteiger partial charge in [-0.3, -0.25) is 10.1 Å². The highest BCUT2D eigenvalue weighted by Crippen LogP contribution is 2.35. The number of benzene rings is 2. The summed E-state index contributed by atoms with van der Waals surface area (Å²) in [7, 11) is 1.44. The van der Waals surface area contributed by atoms with Crippen LogP contribution < -0.4 is 5.32 Å². The van der Waals surface area contributed by atoms with E-state index >= 15 is 0 Å². The van der Waals surface area contributed by atoms with Crippen LogP contribution in [0.4, 0.5) is 0 Å². The van der Waals surface area contributed by atoms with Gasteiger partial charge in [0.05, 0.1) is 13.2 Å². The Hall–Kier alpha value is -2.59. The predicted octanol–water partition coefficient (Wildman–Crippen LogP) is 3.25. The Morgan fingerprint density at radius 2 is 1.88 bits per heavy atom. The van der Waals surface area contributed by atoms with Crippen LogP contribution in [0, 0.1) is 6.92 Å². The Bertz CT molecular complexity index is 896. The lowest BCUT2D eigenvalue weighted by molar-refractivity contribution is -0.143. The van der Waals surface area contributed by atoms with Gasteiger partial charge in [0.15, 0.2) is 0 Å². The molecule has 0 unspecified atom stereocenters. The summed E-state index contributed by atoms with van der Waals surface area (Å²) >= 11 is 0. The van der Waals surface area contributed by atoms with Gasteiger partial charge in [-0.2, -0.15) is 0 Å². The Balaban J connectivity index is 1.86. The molecule has 0 saturated carbocycles. The van der Waals surface area contributed by atoms with E-state index in [1.807, 2.05) is 12.1 Å². The number of methoxy groups -OCH3 is 1. The minimum absolute atomic E-state index is 0.0501. The van der Waals surface area contributed by atoms with Crippen LogP contribution in [0.15, 0.2) is 48.5 Å². The Kier molecular flexibility index (Phi) is 3.62. The average molecular weight is 320 g/mol. The minimum Gasteiger partial charge on any atom is -0.468 e. The molecule has 0 saturated heterocycles. The van der Waals surface area contributed by atoms with Crippen molar-refractivity contribution in [1.29, 1.82) is 0 Å². The summed E-state index contributed by atoms with van der Waals surface area (Å²) in [5, 5.41) is 4.63. The number of ether oxygens (including phenoxy) is 1.